The highest BCUT2D eigenvalue weighted by atomic mass is 35.5. The third-order valence-corrected chi connectivity index (χ3v) is 2.23. The summed E-state index contributed by atoms with van der Waals surface area (Å²) in [5, 5.41) is 3.73. The Hall–Kier alpha value is -0.220. The van der Waals surface area contributed by atoms with Crippen LogP contribution >= 0.6 is 24.0 Å². The van der Waals surface area contributed by atoms with E-state index in [1.807, 2.05) is 13.0 Å². The Labute approximate surface area is 108 Å². The Morgan fingerprint density at radius 3 is 2.81 bits per heavy atom. The molecule has 0 aliphatic carbocycles. The zero-order chi connectivity index (χ0) is 10.9. The molecule has 3 nitrogen and oxygen atoms in total. The summed E-state index contributed by atoms with van der Waals surface area (Å²) in [4.78, 5) is 0. The fourth-order valence-electron chi connectivity index (χ4n) is 1.26. The lowest BCUT2D eigenvalue weighted by Crippen LogP contribution is -2.14. The molecule has 16 heavy (non-hydrogen) atoms. The van der Waals surface area contributed by atoms with Crippen molar-refractivity contribution in [3.05, 3.63) is 23.1 Å². The molecule has 0 spiro atoms. The van der Waals surface area contributed by atoms with E-state index in [1.165, 1.54) is 0 Å². The third kappa shape index (κ3) is 7.12. The molecule has 0 amide bonds. The van der Waals surface area contributed by atoms with E-state index in [-0.39, 0.29) is 12.4 Å². The molecule has 0 bridgehead atoms. The molecular formula is C11H19Cl2NO2. The zero-order valence-corrected chi connectivity index (χ0v) is 11.1. The van der Waals surface area contributed by atoms with Crippen LogP contribution in [0.2, 0.25) is 5.22 Å². The van der Waals surface area contributed by atoms with E-state index < -0.39 is 0 Å². The van der Waals surface area contributed by atoms with E-state index in [0.717, 1.165) is 44.9 Å². The summed E-state index contributed by atoms with van der Waals surface area (Å²) in [5.41, 5.74) is 0. The lowest BCUT2D eigenvalue weighted by molar-refractivity contribution is 0.143. The summed E-state index contributed by atoms with van der Waals surface area (Å²) in [6.45, 7) is 5.38. The molecule has 0 saturated heterocycles. The minimum Gasteiger partial charge on any atom is -0.448 e. The highest BCUT2D eigenvalue weighted by Crippen LogP contribution is 2.12. The molecule has 1 N–H and O–H groups in total. The van der Waals surface area contributed by atoms with E-state index in [9.17, 15) is 0 Å². The third-order valence-electron chi connectivity index (χ3n) is 2.02. The van der Waals surface area contributed by atoms with Gasteiger partial charge in [-0.15, -0.1) is 12.4 Å². The highest BCUT2D eigenvalue weighted by molar-refractivity contribution is 6.28. The molecule has 0 aromatic carbocycles. The predicted molar refractivity (Wildman–Crippen MR) is 68.4 cm³/mol. The lowest BCUT2D eigenvalue weighted by Gasteiger charge is -2.02. The van der Waals surface area contributed by atoms with Gasteiger partial charge in [0.1, 0.15) is 5.76 Å². The van der Waals surface area contributed by atoms with Crippen LogP contribution in [0.5, 0.6) is 0 Å². The van der Waals surface area contributed by atoms with Crippen LogP contribution in [0.4, 0.5) is 0 Å². The number of nitrogens with one attached hydrogen (secondary N) is 1. The molecule has 0 fully saturated rings. The molecule has 0 radical (unpaired) electrons. The average molecular weight is 268 g/mol. The van der Waals surface area contributed by atoms with Gasteiger partial charge in [-0.1, -0.05) is 0 Å². The molecule has 1 rings (SSSR count). The molecule has 0 aliphatic heterocycles. The summed E-state index contributed by atoms with van der Waals surface area (Å²) in [7, 11) is 0. The molecule has 0 aliphatic rings. The van der Waals surface area contributed by atoms with Gasteiger partial charge in [-0.25, -0.2) is 0 Å². The van der Waals surface area contributed by atoms with Gasteiger partial charge >= 0.3 is 0 Å². The quantitative estimate of drug-likeness (QED) is 0.735. The van der Waals surface area contributed by atoms with Gasteiger partial charge in [-0.05, 0) is 50.0 Å². The van der Waals surface area contributed by atoms with Crippen molar-refractivity contribution in [3.8, 4) is 0 Å². The second-order valence-corrected chi connectivity index (χ2v) is 3.66. The highest BCUT2D eigenvalue weighted by Gasteiger charge is 1.98. The number of hydrogen-bond donors (Lipinski definition) is 1. The van der Waals surface area contributed by atoms with Crippen LogP contribution in [0.25, 0.3) is 0 Å². The number of halogens is 2. The van der Waals surface area contributed by atoms with E-state index in [0.29, 0.717) is 5.22 Å². The van der Waals surface area contributed by atoms with Gasteiger partial charge in [-0.2, -0.15) is 0 Å². The number of ether oxygens (including phenoxy) is 1. The van der Waals surface area contributed by atoms with E-state index in [4.69, 9.17) is 20.8 Å². The van der Waals surface area contributed by atoms with Gasteiger partial charge in [0, 0.05) is 13.2 Å². The summed E-state index contributed by atoms with van der Waals surface area (Å²) >= 11 is 5.65. The Kier molecular flexibility index (Phi) is 9.83. The fraction of sp³-hybridized carbons (Fsp3) is 0.636. The predicted octanol–water partition coefficient (Wildman–Crippen LogP) is 3.26. The standard InChI is InChI=1S/C11H18ClNO2.ClH/c1-2-14-8-4-3-7-13-9-10-5-6-11(12)15-10;/h5-6,13H,2-4,7-9H2,1H3;1H. The summed E-state index contributed by atoms with van der Waals surface area (Å²) < 4.78 is 10.4. The summed E-state index contributed by atoms with van der Waals surface area (Å²) in [6.07, 6.45) is 2.22. The molecule has 0 atom stereocenters. The van der Waals surface area contributed by atoms with Crippen molar-refractivity contribution in [1.82, 2.24) is 5.32 Å². The van der Waals surface area contributed by atoms with Crippen LogP contribution in [-0.2, 0) is 11.3 Å². The minimum atomic E-state index is 0. The SMILES string of the molecule is CCOCCCCNCc1ccc(Cl)o1.Cl. The van der Waals surface area contributed by atoms with Crippen LogP contribution < -0.4 is 5.32 Å². The maximum absolute atomic E-state index is 5.65. The van der Waals surface area contributed by atoms with Crippen LogP contribution in [0, 0.1) is 0 Å². The molecule has 5 heteroatoms. The number of rotatable bonds is 8. The molecule has 0 saturated carbocycles. The summed E-state index contributed by atoms with van der Waals surface area (Å²) in [6, 6.07) is 3.64. The Morgan fingerprint density at radius 1 is 1.38 bits per heavy atom. The van der Waals surface area contributed by atoms with Gasteiger partial charge in [-0.3, -0.25) is 0 Å². The van der Waals surface area contributed by atoms with Crippen molar-refractivity contribution in [2.24, 2.45) is 0 Å². The first-order valence-electron chi connectivity index (χ1n) is 5.35. The van der Waals surface area contributed by atoms with Crippen molar-refractivity contribution >= 4 is 24.0 Å². The molecule has 94 valence electrons. The van der Waals surface area contributed by atoms with Crippen molar-refractivity contribution < 1.29 is 9.15 Å². The lowest BCUT2D eigenvalue weighted by atomic mass is 10.3. The fourth-order valence-corrected chi connectivity index (χ4v) is 1.42. The van der Waals surface area contributed by atoms with Gasteiger partial charge in [0.05, 0.1) is 6.54 Å². The van der Waals surface area contributed by atoms with Crippen molar-refractivity contribution in [1.29, 1.82) is 0 Å². The minimum absolute atomic E-state index is 0. The number of furan rings is 1. The Bertz CT molecular complexity index is 266. The maximum Gasteiger partial charge on any atom is 0.193 e. The largest absolute Gasteiger partial charge is 0.448 e. The average Bonchev–Trinajstić information content (AvgIpc) is 2.63. The first-order valence-corrected chi connectivity index (χ1v) is 5.73. The van der Waals surface area contributed by atoms with Crippen molar-refractivity contribution in [2.45, 2.75) is 26.3 Å². The zero-order valence-electron chi connectivity index (χ0n) is 9.50. The molecule has 1 heterocycles. The van der Waals surface area contributed by atoms with Crippen LogP contribution in [0.1, 0.15) is 25.5 Å². The van der Waals surface area contributed by atoms with E-state index >= 15 is 0 Å². The van der Waals surface area contributed by atoms with E-state index in [2.05, 4.69) is 5.32 Å². The molecule has 0 unspecified atom stereocenters. The van der Waals surface area contributed by atoms with E-state index in [1.54, 1.807) is 6.07 Å². The normalized spacial score (nSPS) is 10.1. The number of hydrogen-bond acceptors (Lipinski definition) is 3. The summed E-state index contributed by atoms with van der Waals surface area (Å²) in [5.74, 6) is 0.879. The first kappa shape index (κ1) is 15.8. The maximum atomic E-state index is 5.65. The topological polar surface area (TPSA) is 34.4 Å². The smallest absolute Gasteiger partial charge is 0.193 e. The van der Waals surface area contributed by atoms with Gasteiger partial charge in [0.15, 0.2) is 5.22 Å². The molecule has 1 aromatic rings. The molecular weight excluding hydrogens is 249 g/mol. The van der Waals surface area contributed by atoms with Crippen molar-refractivity contribution in [2.75, 3.05) is 19.8 Å². The second kappa shape index (κ2) is 9.97. The van der Waals surface area contributed by atoms with Gasteiger partial charge in [0.25, 0.3) is 0 Å². The first-order chi connectivity index (χ1) is 7.33. The monoisotopic (exact) mass is 267 g/mol. The Balaban J connectivity index is 0.00000225. The van der Waals surface area contributed by atoms with Crippen LogP contribution in [0.3, 0.4) is 0 Å². The second-order valence-electron chi connectivity index (χ2n) is 3.29. The van der Waals surface area contributed by atoms with Gasteiger partial charge < -0.3 is 14.5 Å². The van der Waals surface area contributed by atoms with Crippen LogP contribution in [0.15, 0.2) is 16.5 Å². The Morgan fingerprint density at radius 2 is 2.19 bits per heavy atom. The van der Waals surface area contributed by atoms with Crippen LogP contribution in [-0.4, -0.2) is 19.8 Å². The van der Waals surface area contributed by atoms with Gasteiger partial charge in [0.2, 0.25) is 0 Å². The van der Waals surface area contributed by atoms with Crippen molar-refractivity contribution in [3.63, 3.8) is 0 Å². The number of unbranched alkanes of at least 4 members (excludes halogenated alkanes) is 1. The molecule has 1 aromatic heterocycles.